The van der Waals surface area contributed by atoms with E-state index in [0.717, 1.165) is 5.52 Å². The highest BCUT2D eigenvalue weighted by atomic mass is 32.1. The lowest BCUT2D eigenvalue weighted by Gasteiger charge is -2.02. The molecule has 0 saturated carbocycles. The summed E-state index contributed by atoms with van der Waals surface area (Å²) in [5, 5.41) is 3.81. The predicted octanol–water partition coefficient (Wildman–Crippen LogP) is 6.27. The summed E-state index contributed by atoms with van der Waals surface area (Å²) in [4.78, 5) is 4.67. The number of thiophene rings is 1. The Kier molecular flexibility index (Phi) is 2.73. The van der Waals surface area contributed by atoms with E-state index in [4.69, 9.17) is 0 Å². The minimum atomic E-state index is 1.11. The summed E-state index contributed by atoms with van der Waals surface area (Å²) in [7, 11) is 0. The third-order valence-corrected chi connectivity index (χ3v) is 5.48. The normalized spacial score (nSPS) is 11.5. The van der Waals surface area contributed by atoms with Gasteiger partial charge in [-0.25, -0.2) is 0 Å². The van der Waals surface area contributed by atoms with Crippen LogP contribution in [0.15, 0.2) is 79.0 Å². The lowest BCUT2D eigenvalue weighted by molar-refractivity contribution is 1.44. The van der Waals surface area contributed by atoms with Crippen molar-refractivity contribution in [3.63, 3.8) is 0 Å². The Labute approximate surface area is 137 Å². The molecular formula is C21H13NS. The van der Waals surface area contributed by atoms with Crippen molar-refractivity contribution in [1.82, 2.24) is 4.98 Å². The monoisotopic (exact) mass is 311 g/mol. The smallest absolute Gasteiger partial charge is 0.0894 e. The fourth-order valence-electron chi connectivity index (χ4n) is 3.19. The Hall–Kier alpha value is -2.71. The van der Waals surface area contributed by atoms with Gasteiger partial charge < -0.3 is 0 Å². The number of aromatic nitrogens is 1. The van der Waals surface area contributed by atoms with Gasteiger partial charge in [-0.1, -0.05) is 54.6 Å². The molecular weight excluding hydrogens is 298 g/mol. The highest BCUT2D eigenvalue weighted by Gasteiger charge is 2.12. The number of nitrogens with zero attached hydrogens (tertiary/aromatic N) is 1. The van der Waals surface area contributed by atoms with E-state index in [1.54, 1.807) is 0 Å². The van der Waals surface area contributed by atoms with Gasteiger partial charge in [0.2, 0.25) is 0 Å². The highest BCUT2D eigenvalue weighted by molar-refractivity contribution is 7.26. The van der Waals surface area contributed by atoms with Crippen molar-refractivity contribution < 1.29 is 0 Å². The molecule has 0 bridgehead atoms. The zero-order chi connectivity index (χ0) is 15.2. The first-order valence-electron chi connectivity index (χ1n) is 7.65. The van der Waals surface area contributed by atoms with Crippen LogP contribution in [-0.4, -0.2) is 4.98 Å². The molecule has 2 heteroatoms. The molecule has 0 aliphatic carbocycles. The zero-order valence-electron chi connectivity index (χ0n) is 12.4. The number of hydrogen-bond donors (Lipinski definition) is 0. The molecule has 0 N–H and O–H groups in total. The molecule has 5 rings (SSSR count). The molecule has 108 valence electrons. The van der Waals surface area contributed by atoms with Gasteiger partial charge in [-0.15, -0.1) is 11.3 Å². The second kappa shape index (κ2) is 4.90. The molecule has 0 atom stereocenters. The molecule has 5 aromatic rings. The van der Waals surface area contributed by atoms with Gasteiger partial charge in [0.05, 0.1) is 10.2 Å². The average molecular weight is 311 g/mol. The van der Waals surface area contributed by atoms with Gasteiger partial charge in [-0.05, 0) is 34.5 Å². The molecule has 0 amide bonds. The van der Waals surface area contributed by atoms with Gasteiger partial charge in [-0.2, -0.15) is 0 Å². The minimum absolute atomic E-state index is 1.11. The Balaban J connectivity index is 1.91. The maximum atomic E-state index is 4.67. The Morgan fingerprint density at radius 1 is 0.739 bits per heavy atom. The number of rotatable bonds is 1. The fraction of sp³-hybridized carbons (Fsp3) is 0. The van der Waals surface area contributed by atoms with Crippen LogP contribution in [0.3, 0.4) is 0 Å². The second-order valence-electron chi connectivity index (χ2n) is 5.70. The fourth-order valence-corrected chi connectivity index (χ4v) is 4.41. The SMILES string of the molecule is c1ccc(-c2ccnc3c2sc2cc4ccccc4cc23)cc1. The molecule has 1 nitrogen and oxygen atoms in total. The molecule has 0 saturated heterocycles. The van der Waals surface area contributed by atoms with E-state index in [1.165, 1.54) is 36.7 Å². The molecule has 23 heavy (non-hydrogen) atoms. The van der Waals surface area contributed by atoms with Crippen LogP contribution < -0.4 is 0 Å². The summed E-state index contributed by atoms with van der Waals surface area (Å²) in [5.74, 6) is 0. The van der Waals surface area contributed by atoms with Gasteiger partial charge in [0.25, 0.3) is 0 Å². The van der Waals surface area contributed by atoms with Crippen LogP contribution in [0.5, 0.6) is 0 Å². The van der Waals surface area contributed by atoms with Crippen LogP contribution in [0.4, 0.5) is 0 Å². The van der Waals surface area contributed by atoms with Crippen molar-refractivity contribution in [3.05, 3.63) is 79.0 Å². The van der Waals surface area contributed by atoms with Crippen molar-refractivity contribution in [2.24, 2.45) is 0 Å². The van der Waals surface area contributed by atoms with E-state index in [1.807, 2.05) is 17.5 Å². The van der Waals surface area contributed by atoms with Crippen LogP contribution in [0.2, 0.25) is 0 Å². The number of hydrogen-bond acceptors (Lipinski definition) is 2. The third-order valence-electron chi connectivity index (χ3n) is 4.30. The van der Waals surface area contributed by atoms with Gasteiger partial charge in [0.1, 0.15) is 0 Å². The summed E-state index contributed by atoms with van der Waals surface area (Å²) < 4.78 is 2.57. The van der Waals surface area contributed by atoms with Crippen molar-refractivity contribution in [1.29, 1.82) is 0 Å². The predicted molar refractivity (Wildman–Crippen MR) is 100 cm³/mol. The lowest BCUT2D eigenvalue weighted by Crippen LogP contribution is -1.80. The molecule has 0 unspecified atom stereocenters. The van der Waals surface area contributed by atoms with Crippen LogP contribution in [0.25, 0.3) is 42.2 Å². The topological polar surface area (TPSA) is 12.9 Å². The van der Waals surface area contributed by atoms with Crippen LogP contribution in [0.1, 0.15) is 0 Å². The van der Waals surface area contributed by atoms with Gasteiger partial charge >= 0.3 is 0 Å². The summed E-state index contributed by atoms with van der Waals surface area (Å²) in [6.45, 7) is 0. The number of pyridine rings is 1. The summed E-state index contributed by atoms with van der Waals surface area (Å²) in [5.41, 5.74) is 3.62. The van der Waals surface area contributed by atoms with Gasteiger partial charge in [-0.3, -0.25) is 4.98 Å². The average Bonchev–Trinajstić information content (AvgIpc) is 2.98. The van der Waals surface area contributed by atoms with Crippen LogP contribution >= 0.6 is 11.3 Å². The van der Waals surface area contributed by atoms with Gasteiger partial charge in [0.15, 0.2) is 0 Å². The minimum Gasteiger partial charge on any atom is -0.255 e. The Morgan fingerprint density at radius 3 is 2.30 bits per heavy atom. The van der Waals surface area contributed by atoms with Gasteiger partial charge in [0, 0.05) is 21.8 Å². The molecule has 0 aliphatic heterocycles. The highest BCUT2D eigenvalue weighted by Crippen LogP contribution is 2.40. The molecule has 0 fully saturated rings. The third kappa shape index (κ3) is 1.96. The molecule has 2 aromatic heterocycles. The summed E-state index contributed by atoms with van der Waals surface area (Å²) in [6, 6.07) is 25.7. The largest absolute Gasteiger partial charge is 0.255 e. The van der Waals surface area contributed by atoms with E-state index < -0.39 is 0 Å². The van der Waals surface area contributed by atoms with E-state index in [0.29, 0.717) is 0 Å². The first kappa shape index (κ1) is 12.8. The second-order valence-corrected chi connectivity index (χ2v) is 6.75. The van der Waals surface area contributed by atoms with E-state index >= 15 is 0 Å². The Bertz CT molecular complexity index is 1160. The first-order chi connectivity index (χ1) is 11.4. The van der Waals surface area contributed by atoms with Crippen molar-refractivity contribution in [2.45, 2.75) is 0 Å². The molecule has 3 aromatic carbocycles. The maximum Gasteiger partial charge on any atom is 0.0894 e. The van der Waals surface area contributed by atoms with Crippen LogP contribution in [0, 0.1) is 0 Å². The molecule has 0 aliphatic rings. The van der Waals surface area contributed by atoms with E-state index in [9.17, 15) is 0 Å². The van der Waals surface area contributed by atoms with E-state index in [2.05, 4.69) is 77.8 Å². The number of benzene rings is 3. The van der Waals surface area contributed by atoms with Crippen LogP contribution in [-0.2, 0) is 0 Å². The van der Waals surface area contributed by atoms with Crippen molar-refractivity contribution in [2.75, 3.05) is 0 Å². The van der Waals surface area contributed by atoms with Crippen molar-refractivity contribution in [3.8, 4) is 11.1 Å². The standard InChI is InChI=1S/C21H13NS/c1-2-6-14(7-3-1)17-10-11-22-20-18-12-15-8-4-5-9-16(15)13-19(18)23-21(17)20/h1-13H. The van der Waals surface area contributed by atoms with E-state index in [-0.39, 0.29) is 0 Å². The Morgan fingerprint density at radius 2 is 1.48 bits per heavy atom. The first-order valence-corrected chi connectivity index (χ1v) is 8.47. The number of fused-ring (bicyclic) bond motifs is 4. The summed E-state index contributed by atoms with van der Waals surface area (Å²) >= 11 is 1.84. The zero-order valence-corrected chi connectivity index (χ0v) is 13.2. The lowest BCUT2D eigenvalue weighted by atomic mass is 10.0. The maximum absolute atomic E-state index is 4.67. The molecule has 0 spiro atoms. The molecule has 0 radical (unpaired) electrons. The molecule has 2 heterocycles. The summed E-state index contributed by atoms with van der Waals surface area (Å²) in [6.07, 6.45) is 1.92. The van der Waals surface area contributed by atoms with Crippen molar-refractivity contribution >= 4 is 42.4 Å². The quantitative estimate of drug-likeness (QED) is 0.355.